The Morgan fingerprint density at radius 2 is 2.08 bits per heavy atom. The van der Waals surface area contributed by atoms with Crippen LogP contribution in [-0.2, 0) is 0 Å². The summed E-state index contributed by atoms with van der Waals surface area (Å²) in [5.74, 6) is 1.45. The number of nitrogens with zero attached hydrogens (tertiary/aromatic N) is 4. The molecule has 136 valence electrons. The third-order valence-electron chi connectivity index (χ3n) is 3.62. The fourth-order valence-electron chi connectivity index (χ4n) is 2.44. The fraction of sp³-hybridized carbons (Fsp3) is 0.250. The van der Waals surface area contributed by atoms with E-state index < -0.39 is 0 Å². The Balaban J connectivity index is 1.70. The number of anilines is 3. The lowest BCUT2D eigenvalue weighted by molar-refractivity contribution is 0.772. The molecule has 0 aliphatic carbocycles. The van der Waals surface area contributed by atoms with Gasteiger partial charge in [0.25, 0.3) is 0 Å². The van der Waals surface area contributed by atoms with Crippen molar-refractivity contribution in [2.45, 2.75) is 12.8 Å². The van der Waals surface area contributed by atoms with Gasteiger partial charge in [-0.15, -0.1) is 0 Å². The molecule has 0 aliphatic heterocycles. The van der Waals surface area contributed by atoms with Crippen LogP contribution >= 0.6 is 11.6 Å². The highest BCUT2D eigenvalue weighted by Crippen LogP contribution is 2.28. The molecule has 2 heterocycles. The number of fused-ring (bicyclic) bond motifs is 1. The zero-order valence-corrected chi connectivity index (χ0v) is 14.8. The van der Waals surface area contributed by atoms with Crippen LogP contribution in [0.2, 0.25) is 5.02 Å². The van der Waals surface area contributed by atoms with Gasteiger partial charge in [0.1, 0.15) is 17.5 Å². The van der Waals surface area contributed by atoms with Crippen LogP contribution in [0.5, 0.6) is 0 Å². The van der Waals surface area contributed by atoms with Gasteiger partial charge in [-0.25, -0.2) is 9.97 Å². The average Bonchev–Trinajstić information content (AvgIpc) is 3.02. The number of nitrogens with one attached hydrogen (secondary N) is 3. The van der Waals surface area contributed by atoms with Gasteiger partial charge < -0.3 is 22.1 Å². The van der Waals surface area contributed by atoms with Gasteiger partial charge in [0.2, 0.25) is 0 Å². The molecule has 0 unspecified atom stereocenters. The van der Waals surface area contributed by atoms with Crippen molar-refractivity contribution in [3.8, 4) is 0 Å². The molecule has 3 aromatic rings. The summed E-state index contributed by atoms with van der Waals surface area (Å²) >= 11 is 6.04. The van der Waals surface area contributed by atoms with Crippen LogP contribution in [0.1, 0.15) is 12.8 Å². The first-order valence-electron chi connectivity index (χ1n) is 8.14. The molecule has 0 bridgehead atoms. The van der Waals surface area contributed by atoms with Crippen LogP contribution in [-0.4, -0.2) is 39.2 Å². The number of aromatic amines is 1. The third kappa shape index (κ3) is 4.51. The summed E-state index contributed by atoms with van der Waals surface area (Å²) in [6.45, 7) is 1.33. The van der Waals surface area contributed by atoms with Gasteiger partial charge in [0.05, 0.1) is 0 Å². The third-order valence-corrected chi connectivity index (χ3v) is 3.85. The molecule has 0 saturated heterocycles. The highest BCUT2D eigenvalue weighted by molar-refractivity contribution is 6.30. The van der Waals surface area contributed by atoms with E-state index in [9.17, 15) is 0 Å². The SMILES string of the molecule is NC(N)=NCCCCNc1n[nH]c2ncnc(Nc3cccc(Cl)c3)c12. The maximum absolute atomic E-state index is 6.04. The van der Waals surface area contributed by atoms with E-state index >= 15 is 0 Å². The molecule has 0 atom stereocenters. The molecule has 9 nitrogen and oxygen atoms in total. The van der Waals surface area contributed by atoms with Gasteiger partial charge in [-0.3, -0.25) is 10.1 Å². The summed E-state index contributed by atoms with van der Waals surface area (Å²) in [4.78, 5) is 12.5. The first-order valence-corrected chi connectivity index (χ1v) is 8.52. The van der Waals surface area contributed by atoms with Crippen molar-refractivity contribution in [1.29, 1.82) is 0 Å². The molecule has 7 N–H and O–H groups in total. The Morgan fingerprint density at radius 3 is 2.88 bits per heavy atom. The van der Waals surface area contributed by atoms with E-state index in [-0.39, 0.29) is 5.96 Å². The van der Waals surface area contributed by atoms with Crippen LogP contribution < -0.4 is 22.1 Å². The lowest BCUT2D eigenvalue weighted by Gasteiger charge is -2.08. The van der Waals surface area contributed by atoms with Crippen LogP contribution in [0.25, 0.3) is 11.0 Å². The van der Waals surface area contributed by atoms with Crippen molar-refractivity contribution >= 4 is 45.9 Å². The summed E-state index contributed by atoms with van der Waals surface area (Å²) in [7, 11) is 0. The number of benzene rings is 1. The van der Waals surface area contributed by atoms with E-state index in [0.717, 1.165) is 30.5 Å². The Hall–Kier alpha value is -3.07. The van der Waals surface area contributed by atoms with Gasteiger partial charge in [-0.05, 0) is 31.0 Å². The molecule has 0 radical (unpaired) electrons. The standard InChI is InChI=1S/C16H20ClN9/c17-10-4-3-5-11(8-10)24-13-12-14(25-26-15(12)23-9-22-13)20-6-1-2-7-21-16(18)19/h3-5,8-9H,1-2,6-7H2,(H4,18,19,21)(H3,20,22,23,24,25,26). The van der Waals surface area contributed by atoms with Gasteiger partial charge in [-0.2, -0.15) is 5.10 Å². The number of hydrogen-bond donors (Lipinski definition) is 5. The lowest BCUT2D eigenvalue weighted by Crippen LogP contribution is -2.23. The van der Waals surface area contributed by atoms with Crippen LogP contribution in [0.3, 0.4) is 0 Å². The fourth-order valence-corrected chi connectivity index (χ4v) is 2.63. The zero-order valence-electron chi connectivity index (χ0n) is 14.0. The number of aromatic nitrogens is 4. The minimum Gasteiger partial charge on any atom is -0.370 e. The monoisotopic (exact) mass is 373 g/mol. The van der Waals surface area contributed by atoms with Crippen molar-refractivity contribution in [3.63, 3.8) is 0 Å². The summed E-state index contributed by atoms with van der Waals surface area (Å²) in [6.07, 6.45) is 3.25. The molecular formula is C16H20ClN9. The van der Waals surface area contributed by atoms with Gasteiger partial charge in [0, 0.05) is 23.8 Å². The molecular weight excluding hydrogens is 354 g/mol. The molecule has 0 saturated carbocycles. The van der Waals surface area contributed by atoms with Crippen LogP contribution in [0, 0.1) is 0 Å². The average molecular weight is 374 g/mol. The van der Waals surface area contributed by atoms with E-state index in [1.807, 2.05) is 24.3 Å². The quantitative estimate of drug-likeness (QED) is 0.231. The van der Waals surface area contributed by atoms with Crippen LogP contribution in [0.15, 0.2) is 35.6 Å². The topological polar surface area (TPSA) is 143 Å². The maximum atomic E-state index is 6.04. The smallest absolute Gasteiger partial charge is 0.185 e. The van der Waals surface area contributed by atoms with E-state index in [0.29, 0.717) is 28.9 Å². The van der Waals surface area contributed by atoms with Crippen molar-refractivity contribution in [1.82, 2.24) is 20.2 Å². The predicted molar refractivity (Wildman–Crippen MR) is 105 cm³/mol. The predicted octanol–water partition coefficient (Wildman–Crippen LogP) is 2.22. The van der Waals surface area contributed by atoms with Crippen molar-refractivity contribution in [3.05, 3.63) is 35.6 Å². The number of nitrogens with two attached hydrogens (primary N) is 2. The number of aliphatic imine (C=N–C) groups is 1. The number of unbranched alkanes of at least 4 members (excludes halogenated alkanes) is 1. The molecule has 0 amide bonds. The Labute approximate surface area is 155 Å². The number of halogens is 1. The molecule has 3 rings (SSSR count). The normalized spacial score (nSPS) is 10.7. The largest absolute Gasteiger partial charge is 0.370 e. The van der Waals surface area contributed by atoms with Gasteiger partial charge >= 0.3 is 0 Å². The van der Waals surface area contributed by atoms with E-state index in [1.165, 1.54) is 6.33 Å². The zero-order chi connectivity index (χ0) is 18.4. The number of H-pyrrole nitrogens is 1. The van der Waals surface area contributed by atoms with E-state index in [4.69, 9.17) is 23.1 Å². The second-order valence-corrected chi connectivity index (χ2v) is 6.03. The van der Waals surface area contributed by atoms with Crippen molar-refractivity contribution in [2.24, 2.45) is 16.5 Å². The minimum atomic E-state index is 0.116. The molecule has 10 heteroatoms. The number of hydrogen-bond acceptors (Lipinski definition) is 6. The number of guanidine groups is 1. The second-order valence-electron chi connectivity index (χ2n) is 5.59. The summed E-state index contributed by atoms with van der Waals surface area (Å²) < 4.78 is 0. The van der Waals surface area contributed by atoms with Gasteiger partial charge in [-0.1, -0.05) is 17.7 Å². The molecule has 1 aromatic carbocycles. The van der Waals surface area contributed by atoms with E-state index in [1.54, 1.807) is 0 Å². The minimum absolute atomic E-state index is 0.116. The highest BCUT2D eigenvalue weighted by Gasteiger charge is 2.12. The summed E-state index contributed by atoms with van der Waals surface area (Å²) in [5, 5.41) is 15.2. The molecule has 0 spiro atoms. The van der Waals surface area contributed by atoms with Gasteiger partial charge in [0.15, 0.2) is 17.4 Å². The lowest BCUT2D eigenvalue weighted by atomic mass is 10.3. The Kier molecular flexibility index (Phi) is 5.69. The first-order chi connectivity index (χ1) is 12.6. The summed E-state index contributed by atoms with van der Waals surface area (Å²) in [6, 6.07) is 7.42. The Bertz CT molecular complexity index is 902. The first kappa shape index (κ1) is 17.7. The molecule has 0 aliphatic rings. The van der Waals surface area contributed by atoms with Crippen LogP contribution in [0.4, 0.5) is 17.3 Å². The van der Waals surface area contributed by atoms with Crippen molar-refractivity contribution in [2.75, 3.05) is 23.7 Å². The molecule has 0 fully saturated rings. The highest BCUT2D eigenvalue weighted by atomic mass is 35.5. The number of rotatable bonds is 8. The van der Waals surface area contributed by atoms with Crippen molar-refractivity contribution < 1.29 is 0 Å². The maximum Gasteiger partial charge on any atom is 0.185 e. The van der Waals surface area contributed by atoms with E-state index in [2.05, 4.69) is 35.8 Å². The Morgan fingerprint density at radius 1 is 1.19 bits per heavy atom. The summed E-state index contributed by atoms with van der Waals surface area (Å²) in [5.41, 5.74) is 12.1. The molecule has 2 aromatic heterocycles. The molecule has 26 heavy (non-hydrogen) atoms. The second kappa shape index (κ2) is 8.34.